The lowest BCUT2D eigenvalue weighted by atomic mass is 10.3. The highest BCUT2D eigenvalue weighted by Crippen LogP contribution is 2.18. The number of halogens is 3. The first-order valence-corrected chi connectivity index (χ1v) is 5.19. The molecule has 2 rings (SSSR count). The second-order valence-electron chi connectivity index (χ2n) is 3.64. The van der Waals surface area contributed by atoms with Gasteiger partial charge in [0.2, 0.25) is 0 Å². The maximum Gasteiger partial charge on any atom is 0.392 e. The number of aromatic nitrogens is 2. The number of rotatable bonds is 3. The fourth-order valence-corrected chi connectivity index (χ4v) is 1.43. The van der Waals surface area contributed by atoms with E-state index in [0.717, 1.165) is 0 Å². The second kappa shape index (κ2) is 4.71. The van der Waals surface area contributed by atoms with Crippen LogP contribution >= 0.6 is 0 Å². The van der Waals surface area contributed by atoms with Crippen LogP contribution in [0.15, 0.2) is 4.79 Å². The minimum Gasteiger partial charge on any atom is -0.464 e. The van der Waals surface area contributed by atoms with Gasteiger partial charge in [-0.25, -0.2) is 0 Å². The van der Waals surface area contributed by atoms with E-state index < -0.39 is 24.8 Å². The molecule has 2 N–H and O–H groups in total. The number of ether oxygens (including phenoxy) is 1. The van der Waals surface area contributed by atoms with Crippen molar-refractivity contribution in [3.63, 3.8) is 0 Å². The van der Waals surface area contributed by atoms with Gasteiger partial charge in [-0.05, 0) is 0 Å². The normalized spacial score (nSPS) is 13.9. The van der Waals surface area contributed by atoms with E-state index in [1.807, 2.05) is 0 Å². The summed E-state index contributed by atoms with van der Waals surface area (Å²) in [6.07, 6.45) is -2.24. The zero-order valence-corrected chi connectivity index (χ0v) is 9.17. The third-order valence-corrected chi connectivity index (χ3v) is 2.25. The number of hydrogen-bond donors (Lipinski definition) is 2. The molecule has 0 aliphatic carbocycles. The molecule has 1 aromatic heterocycles. The smallest absolute Gasteiger partial charge is 0.392 e. The Bertz CT molecular complexity index is 606. The van der Waals surface area contributed by atoms with E-state index in [9.17, 15) is 18.0 Å². The lowest BCUT2D eigenvalue weighted by Gasteiger charge is -2.08. The highest BCUT2D eigenvalue weighted by atomic mass is 19.4. The number of alkyl halides is 3. The highest BCUT2D eigenvalue weighted by Gasteiger charge is 2.27. The Morgan fingerprint density at radius 1 is 1.44 bits per heavy atom. The van der Waals surface area contributed by atoms with Gasteiger partial charge in [0.05, 0.1) is 17.0 Å². The number of nitrogens with one attached hydrogen (secondary N) is 2. The first kappa shape index (κ1) is 12.5. The van der Waals surface area contributed by atoms with E-state index in [1.165, 1.54) is 6.20 Å². The molecule has 0 saturated carbocycles. The Kier molecular flexibility index (Phi) is 3.26. The molecule has 0 atom stereocenters. The van der Waals surface area contributed by atoms with Crippen molar-refractivity contribution >= 4 is 12.3 Å². The predicted octanol–water partition coefficient (Wildman–Crippen LogP) is -0.777. The zero-order valence-electron chi connectivity index (χ0n) is 9.17. The van der Waals surface area contributed by atoms with Gasteiger partial charge < -0.3 is 10.1 Å². The molecule has 0 spiro atoms. The summed E-state index contributed by atoms with van der Waals surface area (Å²) < 4.78 is 40.5. The van der Waals surface area contributed by atoms with Crippen LogP contribution in [0.1, 0.15) is 6.42 Å². The van der Waals surface area contributed by atoms with Gasteiger partial charge >= 0.3 is 6.18 Å². The molecule has 2 heterocycles. The van der Waals surface area contributed by atoms with Crippen LogP contribution in [0.3, 0.4) is 0 Å². The molecular formula is C10H10F3N3O2. The molecule has 1 aliphatic rings. The molecule has 98 valence electrons. The molecule has 0 radical (unpaired) electrons. The van der Waals surface area contributed by atoms with E-state index in [2.05, 4.69) is 15.3 Å². The van der Waals surface area contributed by atoms with Gasteiger partial charge in [-0.15, -0.1) is 0 Å². The van der Waals surface area contributed by atoms with Crippen LogP contribution < -0.4 is 26.2 Å². The van der Waals surface area contributed by atoms with E-state index in [1.54, 1.807) is 6.08 Å². The molecule has 18 heavy (non-hydrogen) atoms. The molecule has 0 aromatic carbocycles. The van der Waals surface area contributed by atoms with E-state index in [4.69, 9.17) is 4.74 Å². The Labute approximate surface area is 99.0 Å². The monoisotopic (exact) mass is 261 g/mol. The average molecular weight is 261 g/mol. The van der Waals surface area contributed by atoms with Crippen LogP contribution in [0, 0.1) is 0 Å². The quantitative estimate of drug-likeness (QED) is 0.749. The predicted molar refractivity (Wildman–Crippen MR) is 57.2 cm³/mol. The summed E-state index contributed by atoms with van der Waals surface area (Å²) in [5.41, 5.74) is -0.431. The van der Waals surface area contributed by atoms with Gasteiger partial charge in [-0.1, -0.05) is 6.08 Å². The standard InChI is InChI=1S/C10H10F3N3O2/c11-10(12,13)2-4-18-9-15-7-5-14-3-1-6(7)8(17)16-9/h1,5,14H,2-4H2,(H,15,16,17). The van der Waals surface area contributed by atoms with Gasteiger partial charge in [0.1, 0.15) is 6.61 Å². The number of H-pyrrole nitrogens is 1. The third kappa shape index (κ3) is 3.02. The maximum atomic E-state index is 11.9. The molecule has 0 saturated heterocycles. The van der Waals surface area contributed by atoms with Gasteiger partial charge in [0, 0.05) is 12.7 Å². The van der Waals surface area contributed by atoms with Crippen LogP contribution in [0.5, 0.6) is 6.01 Å². The minimum atomic E-state index is -4.30. The Hall–Kier alpha value is -1.99. The van der Waals surface area contributed by atoms with E-state index >= 15 is 0 Å². The van der Waals surface area contributed by atoms with Crippen LogP contribution in [0.4, 0.5) is 13.2 Å². The fraction of sp³-hybridized carbons (Fsp3) is 0.400. The summed E-state index contributed by atoms with van der Waals surface area (Å²) in [5.74, 6) is 0. The van der Waals surface area contributed by atoms with Gasteiger partial charge in [0.25, 0.3) is 11.6 Å². The molecule has 0 amide bonds. The van der Waals surface area contributed by atoms with Crippen molar-refractivity contribution in [2.45, 2.75) is 12.6 Å². The molecule has 5 nitrogen and oxygen atoms in total. The van der Waals surface area contributed by atoms with E-state index in [-0.39, 0.29) is 6.01 Å². The third-order valence-electron chi connectivity index (χ3n) is 2.25. The largest absolute Gasteiger partial charge is 0.464 e. The van der Waals surface area contributed by atoms with Gasteiger partial charge in [-0.2, -0.15) is 18.2 Å². The van der Waals surface area contributed by atoms with Gasteiger partial charge in [-0.3, -0.25) is 9.78 Å². The van der Waals surface area contributed by atoms with Crippen molar-refractivity contribution in [1.82, 2.24) is 15.3 Å². The van der Waals surface area contributed by atoms with E-state index in [0.29, 0.717) is 17.1 Å². The molecule has 0 bridgehead atoms. The Balaban J connectivity index is 2.17. The first-order valence-electron chi connectivity index (χ1n) is 5.19. The highest BCUT2D eigenvalue weighted by molar-refractivity contribution is 5.34. The van der Waals surface area contributed by atoms with Crippen LogP contribution in [0.2, 0.25) is 0 Å². The summed E-state index contributed by atoms with van der Waals surface area (Å²) in [6.45, 7) is -0.0750. The lowest BCUT2D eigenvalue weighted by Crippen LogP contribution is -2.47. The Morgan fingerprint density at radius 2 is 2.22 bits per heavy atom. The van der Waals surface area contributed by atoms with Gasteiger partial charge in [0.15, 0.2) is 0 Å². The molecule has 0 unspecified atom stereocenters. The van der Waals surface area contributed by atoms with Crippen LogP contribution in [0.25, 0.3) is 12.3 Å². The number of fused-ring (bicyclic) bond motifs is 1. The van der Waals surface area contributed by atoms with Crippen molar-refractivity contribution in [2.75, 3.05) is 13.2 Å². The lowest BCUT2D eigenvalue weighted by molar-refractivity contribution is -0.139. The summed E-state index contributed by atoms with van der Waals surface area (Å²) in [6, 6.07) is -0.212. The summed E-state index contributed by atoms with van der Waals surface area (Å²) >= 11 is 0. The number of aromatic amines is 1. The molecule has 1 aromatic rings. The van der Waals surface area contributed by atoms with Crippen molar-refractivity contribution in [3.8, 4) is 6.01 Å². The van der Waals surface area contributed by atoms with Crippen molar-refractivity contribution in [3.05, 3.63) is 20.9 Å². The number of hydrogen-bond acceptors (Lipinski definition) is 4. The average Bonchev–Trinajstić information content (AvgIpc) is 2.27. The molecule has 1 aliphatic heterocycles. The molecular weight excluding hydrogens is 251 g/mol. The topological polar surface area (TPSA) is 67.0 Å². The minimum absolute atomic E-state index is 0.212. The number of nitrogens with zero attached hydrogens (tertiary/aromatic N) is 1. The summed E-state index contributed by atoms with van der Waals surface area (Å²) in [5, 5.41) is 3.58. The Morgan fingerprint density at radius 3 is 2.94 bits per heavy atom. The summed E-state index contributed by atoms with van der Waals surface area (Å²) in [7, 11) is 0. The SMILES string of the molecule is O=c1[nH]c(OCCC(F)(F)F)nc2c1=CCNC=2. The van der Waals surface area contributed by atoms with Crippen molar-refractivity contribution < 1.29 is 17.9 Å². The molecule has 8 heteroatoms. The fourth-order valence-electron chi connectivity index (χ4n) is 1.43. The maximum absolute atomic E-state index is 11.9. The zero-order chi connectivity index (χ0) is 13.2. The first-order chi connectivity index (χ1) is 8.46. The van der Waals surface area contributed by atoms with Crippen LogP contribution in [-0.4, -0.2) is 29.3 Å². The summed E-state index contributed by atoms with van der Waals surface area (Å²) in [4.78, 5) is 17.8. The second-order valence-corrected chi connectivity index (χ2v) is 3.64. The van der Waals surface area contributed by atoms with Crippen molar-refractivity contribution in [1.29, 1.82) is 0 Å². The van der Waals surface area contributed by atoms with Crippen LogP contribution in [-0.2, 0) is 0 Å². The van der Waals surface area contributed by atoms with Crippen molar-refractivity contribution in [2.24, 2.45) is 0 Å². The molecule has 0 fully saturated rings.